The molecule has 0 saturated heterocycles. The van der Waals surface area contributed by atoms with Crippen molar-refractivity contribution in [3.05, 3.63) is 23.7 Å². The van der Waals surface area contributed by atoms with Crippen molar-refractivity contribution in [2.75, 3.05) is 5.73 Å². The summed E-state index contributed by atoms with van der Waals surface area (Å²) in [4.78, 5) is 4.38. The molecule has 2 aromatic rings. The van der Waals surface area contributed by atoms with Crippen molar-refractivity contribution in [2.45, 2.75) is 24.0 Å². The zero-order chi connectivity index (χ0) is 11.7. The highest BCUT2D eigenvalue weighted by Crippen LogP contribution is 2.28. The van der Waals surface area contributed by atoms with Crippen molar-refractivity contribution in [1.82, 2.24) is 19.7 Å². The summed E-state index contributed by atoms with van der Waals surface area (Å²) in [5.74, 6) is 0.869. The quantitative estimate of drug-likeness (QED) is 0.855. The second kappa shape index (κ2) is 4.13. The molecule has 0 aliphatic rings. The summed E-state index contributed by atoms with van der Waals surface area (Å²) in [5.41, 5.74) is 7.46. The van der Waals surface area contributed by atoms with E-state index in [0.717, 1.165) is 21.7 Å². The van der Waals surface area contributed by atoms with Crippen LogP contribution < -0.4 is 5.73 Å². The summed E-state index contributed by atoms with van der Waals surface area (Å²) < 4.78 is 1.91. The van der Waals surface area contributed by atoms with E-state index in [2.05, 4.69) is 15.2 Å². The average molecular weight is 235 g/mol. The zero-order valence-electron chi connectivity index (χ0n) is 9.43. The molecule has 5 nitrogen and oxygen atoms in total. The molecule has 0 atom stereocenters. The van der Waals surface area contributed by atoms with Gasteiger partial charge in [0.05, 0.1) is 5.69 Å². The highest BCUT2D eigenvalue weighted by atomic mass is 32.2. The molecule has 0 fully saturated rings. The monoisotopic (exact) mass is 235 g/mol. The number of aryl methyl sites for hydroxylation is 2. The van der Waals surface area contributed by atoms with Crippen LogP contribution in [0.4, 0.5) is 5.69 Å². The van der Waals surface area contributed by atoms with E-state index in [1.165, 1.54) is 11.8 Å². The van der Waals surface area contributed by atoms with Gasteiger partial charge in [-0.1, -0.05) is 0 Å². The number of hydrogen-bond donors (Lipinski definition) is 1. The lowest BCUT2D eigenvalue weighted by Gasteiger charge is -2.04. The molecular weight excluding hydrogens is 222 g/mol. The van der Waals surface area contributed by atoms with Gasteiger partial charge < -0.3 is 10.3 Å². The lowest BCUT2D eigenvalue weighted by Crippen LogP contribution is -1.97. The highest BCUT2D eigenvalue weighted by Gasteiger charge is 2.10. The van der Waals surface area contributed by atoms with Gasteiger partial charge in [0.2, 0.25) is 0 Å². The third-order valence-electron chi connectivity index (χ3n) is 2.27. The smallest absolute Gasteiger partial charge is 0.197 e. The second-order valence-corrected chi connectivity index (χ2v) is 4.49. The molecule has 0 aliphatic carbocycles. The predicted octanol–water partition coefficient (Wildman–Crippen LogP) is 1.56. The molecule has 0 saturated carbocycles. The van der Waals surface area contributed by atoms with E-state index >= 15 is 0 Å². The Hall–Kier alpha value is -1.56. The molecule has 2 N–H and O–H groups in total. The van der Waals surface area contributed by atoms with E-state index in [-0.39, 0.29) is 0 Å². The number of nitrogens with two attached hydrogens (primary N) is 1. The van der Waals surface area contributed by atoms with Gasteiger partial charge in [0.15, 0.2) is 5.16 Å². The van der Waals surface area contributed by atoms with E-state index in [4.69, 9.17) is 5.73 Å². The highest BCUT2D eigenvalue weighted by molar-refractivity contribution is 7.99. The lowest BCUT2D eigenvalue weighted by molar-refractivity contribution is 0.764. The van der Waals surface area contributed by atoms with Crippen LogP contribution in [0.25, 0.3) is 0 Å². The second-order valence-electron chi connectivity index (χ2n) is 3.54. The number of nitrogen functional groups attached to an aromatic ring is 1. The number of pyridine rings is 1. The van der Waals surface area contributed by atoms with Crippen LogP contribution in [0.15, 0.2) is 22.3 Å². The van der Waals surface area contributed by atoms with Crippen molar-refractivity contribution in [3.8, 4) is 0 Å². The van der Waals surface area contributed by atoms with Crippen LogP contribution in [-0.2, 0) is 7.05 Å². The molecule has 0 spiro atoms. The Morgan fingerprint density at radius 1 is 1.25 bits per heavy atom. The van der Waals surface area contributed by atoms with E-state index in [9.17, 15) is 0 Å². The largest absolute Gasteiger partial charge is 0.397 e. The zero-order valence-corrected chi connectivity index (χ0v) is 10.2. The van der Waals surface area contributed by atoms with Gasteiger partial charge in [-0.3, -0.25) is 0 Å². The fraction of sp³-hybridized carbons (Fsp3) is 0.300. The van der Waals surface area contributed by atoms with Crippen LogP contribution in [0.5, 0.6) is 0 Å². The van der Waals surface area contributed by atoms with Crippen LogP contribution in [0, 0.1) is 13.8 Å². The van der Waals surface area contributed by atoms with Gasteiger partial charge in [0.25, 0.3) is 0 Å². The Kier molecular flexibility index (Phi) is 2.82. The average Bonchev–Trinajstić information content (AvgIpc) is 2.55. The van der Waals surface area contributed by atoms with E-state index in [1.54, 1.807) is 0 Å². The van der Waals surface area contributed by atoms with Crippen LogP contribution in [0.2, 0.25) is 0 Å². The Morgan fingerprint density at radius 2 is 2.00 bits per heavy atom. The van der Waals surface area contributed by atoms with E-state index in [0.29, 0.717) is 5.69 Å². The summed E-state index contributed by atoms with van der Waals surface area (Å²) in [6.07, 6.45) is 0. The molecule has 0 bridgehead atoms. The lowest BCUT2D eigenvalue weighted by atomic mass is 10.3. The minimum Gasteiger partial charge on any atom is -0.397 e. The Labute approximate surface area is 98.1 Å². The molecule has 2 heterocycles. The normalized spacial score (nSPS) is 10.7. The summed E-state index contributed by atoms with van der Waals surface area (Å²) in [5, 5.41) is 9.62. The number of rotatable bonds is 2. The van der Waals surface area contributed by atoms with Crippen molar-refractivity contribution < 1.29 is 0 Å². The summed E-state index contributed by atoms with van der Waals surface area (Å²) >= 11 is 1.43. The van der Waals surface area contributed by atoms with E-state index in [1.807, 2.05) is 37.6 Å². The molecule has 0 radical (unpaired) electrons. The minimum atomic E-state index is 0.663. The van der Waals surface area contributed by atoms with Gasteiger partial charge in [0, 0.05) is 12.7 Å². The van der Waals surface area contributed by atoms with Gasteiger partial charge in [-0.15, -0.1) is 10.2 Å². The molecular formula is C10H13N5S. The first-order chi connectivity index (χ1) is 7.58. The summed E-state index contributed by atoms with van der Waals surface area (Å²) in [7, 11) is 1.92. The van der Waals surface area contributed by atoms with Crippen LogP contribution in [-0.4, -0.2) is 19.7 Å². The van der Waals surface area contributed by atoms with Crippen LogP contribution >= 0.6 is 11.8 Å². The van der Waals surface area contributed by atoms with Crippen LogP contribution in [0.1, 0.15) is 11.5 Å². The predicted molar refractivity (Wildman–Crippen MR) is 63.2 cm³/mol. The Balaban J connectivity index is 2.33. The molecule has 0 aromatic carbocycles. The Morgan fingerprint density at radius 3 is 2.62 bits per heavy atom. The van der Waals surface area contributed by atoms with Gasteiger partial charge in [-0.2, -0.15) is 0 Å². The van der Waals surface area contributed by atoms with Gasteiger partial charge in [-0.05, 0) is 37.7 Å². The van der Waals surface area contributed by atoms with Gasteiger partial charge in [-0.25, -0.2) is 4.98 Å². The molecule has 2 rings (SSSR count). The summed E-state index contributed by atoms with van der Waals surface area (Å²) in [6.45, 7) is 3.84. The minimum absolute atomic E-state index is 0.663. The molecule has 2 aromatic heterocycles. The van der Waals surface area contributed by atoms with Crippen molar-refractivity contribution in [1.29, 1.82) is 0 Å². The SMILES string of the molecule is Cc1ccc(N)c(Sc2nnc(C)n2C)n1. The number of nitrogens with zero attached hydrogens (tertiary/aromatic N) is 4. The molecule has 0 amide bonds. The van der Waals surface area contributed by atoms with Gasteiger partial charge in [0.1, 0.15) is 10.9 Å². The number of aromatic nitrogens is 4. The Bertz CT molecular complexity index is 520. The van der Waals surface area contributed by atoms with Crippen molar-refractivity contribution in [2.24, 2.45) is 7.05 Å². The number of hydrogen-bond acceptors (Lipinski definition) is 5. The molecule has 6 heteroatoms. The first-order valence-electron chi connectivity index (χ1n) is 4.85. The molecule has 0 aliphatic heterocycles. The first kappa shape index (κ1) is 10.9. The third-order valence-corrected chi connectivity index (χ3v) is 3.33. The first-order valence-corrected chi connectivity index (χ1v) is 5.66. The van der Waals surface area contributed by atoms with Crippen LogP contribution in [0.3, 0.4) is 0 Å². The topological polar surface area (TPSA) is 69.6 Å². The third kappa shape index (κ3) is 2.01. The summed E-state index contributed by atoms with van der Waals surface area (Å²) in [6, 6.07) is 3.75. The maximum absolute atomic E-state index is 5.85. The number of anilines is 1. The standard InChI is InChI=1S/C10H13N5S/c1-6-4-5-8(11)9(12-6)16-10-14-13-7(2)15(10)3/h4-5H,11H2,1-3H3. The maximum Gasteiger partial charge on any atom is 0.197 e. The van der Waals surface area contributed by atoms with Gasteiger partial charge >= 0.3 is 0 Å². The molecule has 16 heavy (non-hydrogen) atoms. The van der Waals surface area contributed by atoms with Crippen molar-refractivity contribution >= 4 is 17.4 Å². The molecule has 0 unspecified atom stereocenters. The fourth-order valence-electron chi connectivity index (χ4n) is 1.19. The maximum atomic E-state index is 5.85. The molecule has 84 valence electrons. The fourth-order valence-corrected chi connectivity index (χ4v) is 2.09. The van der Waals surface area contributed by atoms with Crippen molar-refractivity contribution in [3.63, 3.8) is 0 Å². The van der Waals surface area contributed by atoms with E-state index < -0.39 is 0 Å².